The van der Waals surface area contributed by atoms with E-state index in [1.54, 1.807) is 0 Å². The van der Waals surface area contributed by atoms with Gasteiger partial charge in [0.25, 0.3) is 0 Å². The summed E-state index contributed by atoms with van der Waals surface area (Å²) in [6, 6.07) is 2.59. The number of nitrogens with one attached hydrogen (secondary N) is 1. The molecule has 0 atom stereocenters. The number of hydrogen-bond donors (Lipinski definition) is 2. The fourth-order valence-corrected chi connectivity index (χ4v) is 3.68. The Labute approximate surface area is 119 Å². The third-order valence-corrected chi connectivity index (χ3v) is 4.86. The zero-order valence-electron chi connectivity index (χ0n) is 10.8. The Morgan fingerprint density at radius 1 is 1.24 bits per heavy atom. The van der Waals surface area contributed by atoms with E-state index in [0.717, 1.165) is 18.2 Å². The van der Waals surface area contributed by atoms with Gasteiger partial charge in [-0.05, 0) is 12.1 Å². The maximum Gasteiger partial charge on any atom is 0.325 e. The van der Waals surface area contributed by atoms with E-state index in [-0.39, 0.29) is 26.1 Å². The molecule has 0 radical (unpaired) electrons. The van der Waals surface area contributed by atoms with E-state index in [0.29, 0.717) is 0 Å². The van der Waals surface area contributed by atoms with Gasteiger partial charge in [0.1, 0.15) is 17.2 Å². The molecule has 2 N–H and O–H groups in total. The summed E-state index contributed by atoms with van der Waals surface area (Å²) in [5.41, 5.74) is -1.83. The molecule has 1 saturated heterocycles. The number of aliphatic carboxylic acids is 1. The second-order valence-corrected chi connectivity index (χ2v) is 6.28. The molecule has 0 bridgehead atoms. The topological polar surface area (TPSA) is 92.7 Å². The monoisotopic (exact) mass is 321 g/mol. The van der Waals surface area contributed by atoms with Gasteiger partial charge >= 0.3 is 5.97 Å². The fourth-order valence-electron chi connectivity index (χ4n) is 2.13. The predicted octanol–water partition coefficient (Wildman–Crippen LogP) is 0.877. The van der Waals surface area contributed by atoms with Crippen LogP contribution in [0.4, 0.5) is 8.78 Å². The Morgan fingerprint density at radius 2 is 1.76 bits per heavy atom. The number of carboxylic acid groups (broad SMARTS) is 1. The lowest BCUT2D eigenvalue weighted by molar-refractivity contribution is -0.147. The standard InChI is InChI=1S/C12H13F2NO5S/c13-8-2-1-3-9(14)10(8)21(18,19)15-12(11(16)17)4-6-20-7-5-12/h1-3,15H,4-7H2,(H,16,17). The summed E-state index contributed by atoms with van der Waals surface area (Å²) < 4.78 is 58.4. The number of halogens is 2. The van der Waals surface area contributed by atoms with E-state index in [2.05, 4.69) is 0 Å². The van der Waals surface area contributed by atoms with Crippen molar-refractivity contribution in [3.63, 3.8) is 0 Å². The van der Waals surface area contributed by atoms with Gasteiger partial charge in [-0.2, -0.15) is 4.72 Å². The maximum absolute atomic E-state index is 13.6. The van der Waals surface area contributed by atoms with Crippen LogP contribution in [-0.4, -0.2) is 38.2 Å². The molecular formula is C12H13F2NO5S. The molecular weight excluding hydrogens is 308 g/mol. The average molecular weight is 321 g/mol. The third-order valence-electron chi connectivity index (χ3n) is 3.27. The van der Waals surface area contributed by atoms with Crippen molar-refractivity contribution in [2.24, 2.45) is 0 Å². The zero-order valence-corrected chi connectivity index (χ0v) is 11.6. The number of rotatable bonds is 4. The normalized spacial score (nSPS) is 18.4. The van der Waals surface area contributed by atoms with Crippen molar-refractivity contribution in [2.75, 3.05) is 13.2 Å². The van der Waals surface area contributed by atoms with Crippen LogP contribution in [0.3, 0.4) is 0 Å². The van der Waals surface area contributed by atoms with Crippen LogP contribution >= 0.6 is 0 Å². The summed E-state index contributed by atoms with van der Waals surface area (Å²) in [5, 5.41) is 9.27. The molecule has 1 heterocycles. The highest BCUT2D eigenvalue weighted by atomic mass is 32.2. The lowest BCUT2D eigenvalue weighted by Gasteiger charge is -2.33. The van der Waals surface area contributed by atoms with Crippen LogP contribution in [0.1, 0.15) is 12.8 Å². The van der Waals surface area contributed by atoms with Crippen molar-refractivity contribution >= 4 is 16.0 Å². The molecule has 1 aromatic rings. The van der Waals surface area contributed by atoms with Crippen LogP contribution in [0.2, 0.25) is 0 Å². The molecule has 0 saturated carbocycles. The number of ether oxygens (including phenoxy) is 1. The maximum atomic E-state index is 13.6. The summed E-state index contributed by atoms with van der Waals surface area (Å²) in [5.74, 6) is -3.98. The molecule has 1 aliphatic heterocycles. The lowest BCUT2D eigenvalue weighted by atomic mass is 9.92. The summed E-state index contributed by atoms with van der Waals surface area (Å²) in [6.07, 6.45) is -0.255. The van der Waals surface area contributed by atoms with E-state index in [1.165, 1.54) is 0 Å². The van der Waals surface area contributed by atoms with E-state index in [9.17, 15) is 27.1 Å². The van der Waals surface area contributed by atoms with Crippen molar-refractivity contribution < 1.29 is 31.8 Å². The highest BCUT2D eigenvalue weighted by molar-refractivity contribution is 7.89. The highest BCUT2D eigenvalue weighted by Gasteiger charge is 2.44. The van der Waals surface area contributed by atoms with Crippen LogP contribution in [-0.2, 0) is 19.6 Å². The first-order valence-electron chi connectivity index (χ1n) is 6.08. The SMILES string of the molecule is O=C(O)C1(NS(=O)(=O)c2c(F)cccc2F)CCOCC1. The first kappa shape index (κ1) is 15.8. The zero-order chi connectivity index (χ0) is 15.7. The molecule has 0 unspecified atom stereocenters. The van der Waals surface area contributed by atoms with Crippen molar-refractivity contribution in [3.05, 3.63) is 29.8 Å². The summed E-state index contributed by atoms with van der Waals surface area (Å²) in [7, 11) is -4.66. The van der Waals surface area contributed by atoms with E-state index in [4.69, 9.17) is 4.74 Å². The smallest absolute Gasteiger partial charge is 0.325 e. The highest BCUT2D eigenvalue weighted by Crippen LogP contribution is 2.26. The lowest BCUT2D eigenvalue weighted by Crippen LogP contribution is -2.57. The van der Waals surface area contributed by atoms with Crippen molar-refractivity contribution in [1.82, 2.24) is 4.72 Å². The molecule has 0 amide bonds. The number of carbonyl (C=O) groups is 1. The quantitative estimate of drug-likeness (QED) is 0.859. The molecule has 0 aromatic heterocycles. The summed E-state index contributed by atoms with van der Waals surface area (Å²) in [4.78, 5) is 10.2. The van der Waals surface area contributed by atoms with E-state index in [1.807, 2.05) is 4.72 Å². The van der Waals surface area contributed by atoms with Gasteiger partial charge < -0.3 is 9.84 Å². The number of carboxylic acids is 1. The Kier molecular flexibility index (Phi) is 4.26. The fraction of sp³-hybridized carbons (Fsp3) is 0.417. The minimum absolute atomic E-state index is 0.0363. The van der Waals surface area contributed by atoms with Crippen LogP contribution in [0.5, 0.6) is 0 Å². The van der Waals surface area contributed by atoms with E-state index < -0.39 is 38.1 Å². The van der Waals surface area contributed by atoms with Crippen molar-refractivity contribution in [3.8, 4) is 0 Å². The molecule has 2 rings (SSSR count). The second kappa shape index (κ2) is 5.66. The van der Waals surface area contributed by atoms with Crippen LogP contribution in [0.25, 0.3) is 0 Å². The van der Waals surface area contributed by atoms with Crippen LogP contribution < -0.4 is 4.72 Å². The van der Waals surface area contributed by atoms with Gasteiger partial charge in [-0.3, -0.25) is 4.79 Å². The van der Waals surface area contributed by atoms with Gasteiger partial charge in [0, 0.05) is 26.1 Å². The molecule has 6 nitrogen and oxygen atoms in total. The van der Waals surface area contributed by atoms with Crippen molar-refractivity contribution in [2.45, 2.75) is 23.3 Å². The van der Waals surface area contributed by atoms with Gasteiger partial charge in [0.2, 0.25) is 10.0 Å². The predicted molar refractivity (Wildman–Crippen MR) is 67.1 cm³/mol. The first-order chi connectivity index (χ1) is 9.78. The first-order valence-corrected chi connectivity index (χ1v) is 7.56. The molecule has 1 aromatic carbocycles. The van der Waals surface area contributed by atoms with E-state index >= 15 is 0 Å². The van der Waals surface area contributed by atoms with Gasteiger partial charge in [-0.25, -0.2) is 17.2 Å². The molecule has 1 fully saturated rings. The van der Waals surface area contributed by atoms with Gasteiger partial charge in [-0.1, -0.05) is 6.07 Å². The minimum atomic E-state index is -4.66. The molecule has 9 heteroatoms. The molecule has 1 aliphatic rings. The Morgan fingerprint density at radius 3 is 2.24 bits per heavy atom. The molecule has 116 valence electrons. The second-order valence-electron chi connectivity index (χ2n) is 4.66. The average Bonchev–Trinajstić information content (AvgIpc) is 2.38. The van der Waals surface area contributed by atoms with Gasteiger partial charge in [0.15, 0.2) is 4.90 Å². The van der Waals surface area contributed by atoms with Crippen molar-refractivity contribution in [1.29, 1.82) is 0 Å². The molecule has 0 aliphatic carbocycles. The molecule has 0 spiro atoms. The Bertz CT molecular complexity index is 635. The van der Waals surface area contributed by atoms with Gasteiger partial charge in [0.05, 0.1) is 0 Å². The minimum Gasteiger partial charge on any atom is -0.480 e. The largest absolute Gasteiger partial charge is 0.480 e. The van der Waals surface area contributed by atoms with Crippen LogP contribution in [0, 0.1) is 11.6 Å². The van der Waals surface area contributed by atoms with Crippen LogP contribution in [0.15, 0.2) is 23.1 Å². The van der Waals surface area contributed by atoms with Gasteiger partial charge in [-0.15, -0.1) is 0 Å². The third kappa shape index (κ3) is 3.04. The summed E-state index contributed by atoms with van der Waals surface area (Å²) >= 11 is 0. The number of sulfonamides is 1. The Hall–Kier alpha value is -1.58. The summed E-state index contributed by atoms with van der Waals surface area (Å²) in [6.45, 7) is 0.0726. The number of hydrogen-bond acceptors (Lipinski definition) is 4. The number of benzene rings is 1. The molecule has 21 heavy (non-hydrogen) atoms. The Balaban J connectivity index is 2.42.